The number of carbonyl (C=O) groups excluding carboxylic acids is 1. The van der Waals surface area contributed by atoms with Crippen molar-refractivity contribution in [3.63, 3.8) is 0 Å². The first-order valence-corrected chi connectivity index (χ1v) is 7.43. The minimum atomic E-state index is -1.03. The molecular weight excluding hydrogens is 294 g/mol. The molecule has 120 valence electrons. The third-order valence-corrected chi connectivity index (χ3v) is 3.32. The first-order valence-electron chi connectivity index (χ1n) is 7.43. The molecule has 0 radical (unpaired) electrons. The maximum absolute atomic E-state index is 11.8. The lowest BCUT2D eigenvalue weighted by Gasteiger charge is -2.08. The van der Waals surface area contributed by atoms with E-state index in [4.69, 9.17) is 9.84 Å². The third-order valence-electron chi connectivity index (χ3n) is 3.32. The summed E-state index contributed by atoms with van der Waals surface area (Å²) in [7, 11) is 0. The molecule has 0 saturated heterocycles. The monoisotopic (exact) mass is 313 g/mol. The molecule has 0 fully saturated rings. The molecular formula is C18H19NO4. The Balaban J connectivity index is 1.80. The molecule has 0 saturated carbocycles. The highest BCUT2D eigenvalue weighted by molar-refractivity contribution is 5.93. The molecule has 0 aromatic heterocycles. The van der Waals surface area contributed by atoms with Crippen LogP contribution in [-0.4, -0.2) is 23.6 Å². The predicted octanol–water partition coefficient (Wildman–Crippen LogP) is 3.35. The van der Waals surface area contributed by atoms with Gasteiger partial charge in [0.05, 0.1) is 18.6 Å². The van der Waals surface area contributed by atoms with E-state index in [-0.39, 0.29) is 24.5 Å². The van der Waals surface area contributed by atoms with Crippen LogP contribution in [0.25, 0.3) is 0 Å². The molecule has 0 unspecified atom stereocenters. The molecule has 0 heterocycles. The van der Waals surface area contributed by atoms with Crippen molar-refractivity contribution < 1.29 is 19.4 Å². The van der Waals surface area contributed by atoms with Crippen molar-refractivity contribution in [1.29, 1.82) is 0 Å². The fraction of sp³-hybridized carbons (Fsp3) is 0.222. The maximum atomic E-state index is 11.8. The van der Waals surface area contributed by atoms with Crippen LogP contribution in [0, 0.1) is 0 Å². The summed E-state index contributed by atoms with van der Waals surface area (Å²) in [5, 5.41) is 11.6. The number of nitrogens with one attached hydrogen (secondary N) is 1. The smallest absolute Gasteiger partial charge is 0.335 e. The van der Waals surface area contributed by atoms with Crippen molar-refractivity contribution in [2.24, 2.45) is 0 Å². The summed E-state index contributed by atoms with van der Waals surface area (Å²) in [4.78, 5) is 22.7. The quantitative estimate of drug-likeness (QED) is 0.822. The summed E-state index contributed by atoms with van der Waals surface area (Å²) in [5.74, 6) is -0.527. The maximum Gasteiger partial charge on any atom is 0.335 e. The van der Waals surface area contributed by atoms with E-state index in [9.17, 15) is 9.59 Å². The second-order valence-corrected chi connectivity index (χ2v) is 5.03. The summed E-state index contributed by atoms with van der Waals surface area (Å²) < 4.78 is 5.52. The van der Waals surface area contributed by atoms with Gasteiger partial charge in [0.15, 0.2) is 0 Å². The van der Waals surface area contributed by atoms with E-state index in [2.05, 4.69) is 12.2 Å². The van der Waals surface area contributed by atoms with Crippen molar-refractivity contribution in [3.05, 3.63) is 59.7 Å². The van der Waals surface area contributed by atoms with Gasteiger partial charge in [-0.3, -0.25) is 4.79 Å². The largest absolute Gasteiger partial charge is 0.493 e. The fourth-order valence-electron chi connectivity index (χ4n) is 2.04. The average molecular weight is 313 g/mol. The lowest BCUT2D eigenvalue weighted by Crippen LogP contribution is -2.15. The molecule has 2 rings (SSSR count). The number of aryl methyl sites for hydroxylation is 1. The summed E-state index contributed by atoms with van der Waals surface area (Å²) in [6.45, 7) is 2.34. The molecule has 2 aromatic rings. The second kappa shape index (κ2) is 7.98. The summed E-state index contributed by atoms with van der Waals surface area (Å²) >= 11 is 0. The van der Waals surface area contributed by atoms with E-state index in [1.807, 2.05) is 24.3 Å². The molecule has 0 atom stereocenters. The Morgan fingerprint density at radius 3 is 2.52 bits per heavy atom. The fourth-order valence-corrected chi connectivity index (χ4v) is 2.04. The lowest BCUT2D eigenvalue weighted by atomic mass is 10.2. The van der Waals surface area contributed by atoms with Crippen LogP contribution in [0.2, 0.25) is 0 Å². The van der Waals surface area contributed by atoms with Gasteiger partial charge in [-0.2, -0.15) is 0 Å². The Kier molecular flexibility index (Phi) is 5.74. The van der Waals surface area contributed by atoms with Crippen molar-refractivity contribution in [3.8, 4) is 5.75 Å². The predicted molar refractivity (Wildman–Crippen MR) is 88.0 cm³/mol. The van der Waals surface area contributed by atoms with Gasteiger partial charge in [-0.1, -0.05) is 25.1 Å². The number of benzene rings is 2. The number of hydrogen-bond donors (Lipinski definition) is 2. The molecule has 23 heavy (non-hydrogen) atoms. The minimum absolute atomic E-state index is 0.134. The Hall–Kier alpha value is -2.82. The van der Waals surface area contributed by atoms with Gasteiger partial charge in [-0.25, -0.2) is 4.79 Å². The van der Waals surface area contributed by atoms with E-state index in [0.717, 1.165) is 12.2 Å². The Labute approximate surface area is 134 Å². The summed E-state index contributed by atoms with van der Waals surface area (Å²) in [6.07, 6.45) is 1.16. The van der Waals surface area contributed by atoms with E-state index < -0.39 is 5.97 Å². The minimum Gasteiger partial charge on any atom is -0.493 e. The van der Waals surface area contributed by atoms with Crippen LogP contribution in [-0.2, 0) is 11.2 Å². The van der Waals surface area contributed by atoms with E-state index >= 15 is 0 Å². The highest BCUT2D eigenvalue weighted by Gasteiger charge is 2.06. The van der Waals surface area contributed by atoms with Crippen LogP contribution in [0.15, 0.2) is 48.5 Å². The number of amides is 1. The van der Waals surface area contributed by atoms with Gasteiger partial charge < -0.3 is 15.2 Å². The van der Waals surface area contributed by atoms with Gasteiger partial charge in [-0.05, 0) is 42.3 Å². The molecule has 5 nitrogen and oxygen atoms in total. The molecule has 0 aliphatic carbocycles. The third kappa shape index (κ3) is 5.14. The van der Waals surface area contributed by atoms with Crippen molar-refractivity contribution in [1.82, 2.24) is 0 Å². The first kappa shape index (κ1) is 16.5. The number of carboxylic acid groups (broad SMARTS) is 1. The van der Waals surface area contributed by atoms with Crippen molar-refractivity contribution in [2.75, 3.05) is 11.9 Å². The SMILES string of the molecule is CCc1ccc(OCCC(=O)Nc2cccc(C(=O)O)c2)cc1. The van der Waals surface area contributed by atoms with E-state index in [1.54, 1.807) is 12.1 Å². The molecule has 2 N–H and O–H groups in total. The van der Waals surface area contributed by atoms with Crippen LogP contribution >= 0.6 is 0 Å². The zero-order valence-electron chi connectivity index (χ0n) is 12.9. The Bertz CT molecular complexity index is 680. The highest BCUT2D eigenvalue weighted by atomic mass is 16.5. The number of carboxylic acids is 1. The number of anilines is 1. The van der Waals surface area contributed by atoms with Crippen LogP contribution in [0.1, 0.15) is 29.3 Å². The first-order chi connectivity index (χ1) is 11.1. The number of aromatic carboxylic acids is 1. The second-order valence-electron chi connectivity index (χ2n) is 5.03. The zero-order chi connectivity index (χ0) is 16.7. The Morgan fingerprint density at radius 2 is 1.87 bits per heavy atom. The van der Waals surface area contributed by atoms with Gasteiger partial charge in [-0.15, -0.1) is 0 Å². The molecule has 0 spiro atoms. The normalized spacial score (nSPS) is 10.1. The molecule has 0 aliphatic heterocycles. The molecule has 2 aromatic carbocycles. The Morgan fingerprint density at radius 1 is 1.13 bits per heavy atom. The molecule has 5 heteroatoms. The number of rotatable bonds is 7. The van der Waals surface area contributed by atoms with Gasteiger partial charge in [0.2, 0.25) is 5.91 Å². The van der Waals surface area contributed by atoms with Gasteiger partial charge in [0.25, 0.3) is 0 Å². The van der Waals surface area contributed by atoms with Gasteiger partial charge >= 0.3 is 5.97 Å². The zero-order valence-corrected chi connectivity index (χ0v) is 12.9. The van der Waals surface area contributed by atoms with E-state index in [1.165, 1.54) is 17.7 Å². The van der Waals surface area contributed by atoms with Crippen molar-refractivity contribution in [2.45, 2.75) is 19.8 Å². The highest BCUT2D eigenvalue weighted by Crippen LogP contribution is 2.13. The number of hydrogen-bond acceptors (Lipinski definition) is 3. The molecule has 0 bridgehead atoms. The molecule has 0 aliphatic rings. The topological polar surface area (TPSA) is 75.6 Å². The van der Waals surface area contributed by atoms with Crippen LogP contribution < -0.4 is 10.1 Å². The van der Waals surface area contributed by atoms with Gasteiger partial charge in [0.1, 0.15) is 5.75 Å². The summed E-state index contributed by atoms with van der Waals surface area (Å²) in [5.41, 5.74) is 1.82. The van der Waals surface area contributed by atoms with Crippen LogP contribution in [0.3, 0.4) is 0 Å². The number of carbonyl (C=O) groups is 2. The van der Waals surface area contributed by atoms with Crippen LogP contribution in [0.4, 0.5) is 5.69 Å². The van der Waals surface area contributed by atoms with Gasteiger partial charge in [0, 0.05) is 5.69 Å². The van der Waals surface area contributed by atoms with Crippen molar-refractivity contribution >= 4 is 17.6 Å². The van der Waals surface area contributed by atoms with E-state index in [0.29, 0.717) is 5.69 Å². The number of ether oxygens (including phenoxy) is 1. The lowest BCUT2D eigenvalue weighted by molar-refractivity contribution is -0.116. The summed E-state index contributed by atoms with van der Waals surface area (Å²) in [6, 6.07) is 13.9. The average Bonchev–Trinajstić information content (AvgIpc) is 2.55. The molecule has 1 amide bonds. The standard InChI is InChI=1S/C18H19NO4/c1-2-13-6-8-16(9-7-13)23-11-10-17(20)19-15-5-3-4-14(12-15)18(21)22/h3-9,12H,2,10-11H2,1H3,(H,19,20)(H,21,22). The van der Waals surface area contributed by atoms with Crippen LogP contribution in [0.5, 0.6) is 5.75 Å².